The Morgan fingerprint density at radius 2 is 2.05 bits per heavy atom. The molecule has 1 unspecified atom stereocenters. The number of hydrogen-bond donors (Lipinski definition) is 1. The highest BCUT2D eigenvalue weighted by molar-refractivity contribution is 5.99. The van der Waals surface area contributed by atoms with E-state index >= 15 is 0 Å². The number of benzene rings is 1. The van der Waals surface area contributed by atoms with Crippen LogP contribution in [-0.4, -0.2) is 30.8 Å². The van der Waals surface area contributed by atoms with Crippen molar-refractivity contribution in [2.45, 2.75) is 20.3 Å². The summed E-state index contributed by atoms with van der Waals surface area (Å²) in [7, 11) is 1.53. The first kappa shape index (κ1) is 15.0. The summed E-state index contributed by atoms with van der Waals surface area (Å²) in [5.41, 5.74) is -0.889. The molecule has 19 heavy (non-hydrogen) atoms. The third kappa shape index (κ3) is 3.47. The maximum Gasteiger partial charge on any atom is 0.323 e. The molecule has 5 nitrogen and oxygen atoms in total. The Morgan fingerprint density at radius 3 is 2.58 bits per heavy atom. The Labute approximate surface area is 112 Å². The summed E-state index contributed by atoms with van der Waals surface area (Å²) in [6, 6.07) is 6.97. The maximum absolute atomic E-state index is 11.8. The van der Waals surface area contributed by atoms with Crippen LogP contribution in [-0.2, 0) is 20.7 Å². The Balaban J connectivity index is 3.01. The van der Waals surface area contributed by atoms with Crippen LogP contribution in [0.15, 0.2) is 24.3 Å². The summed E-state index contributed by atoms with van der Waals surface area (Å²) < 4.78 is 9.92. The normalized spacial score (nSPS) is 13.4. The van der Waals surface area contributed by atoms with E-state index in [2.05, 4.69) is 0 Å². The van der Waals surface area contributed by atoms with Crippen LogP contribution in [0.1, 0.15) is 19.4 Å². The lowest BCUT2D eigenvalue weighted by molar-refractivity contribution is -0.167. The van der Waals surface area contributed by atoms with E-state index in [-0.39, 0.29) is 13.0 Å². The second-order valence-electron chi connectivity index (χ2n) is 4.39. The molecule has 0 aliphatic rings. The topological polar surface area (TPSA) is 72.8 Å². The molecule has 0 radical (unpaired) electrons. The number of carboxylic acid groups (broad SMARTS) is 1. The van der Waals surface area contributed by atoms with E-state index in [1.165, 1.54) is 14.0 Å². The van der Waals surface area contributed by atoms with Crippen molar-refractivity contribution in [2.75, 3.05) is 13.7 Å². The first-order valence-electron chi connectivity index (χ1n) is 5.97. The lowest BCUT2D eigenvalue weighted by Gasteiger charge is -2.22. The predicted octanol–water partition coefficient (Wildman–Crippen LogP) is 1.89. The van der Waals surface area contributed by atoms with Gasteiger partial charge in [0.1, 0.15) is 5.75 Å². The molecule has 5 heteroatoms. The van der Waals surface area contributed by atoms with Gasteiger partial charge in [-0.3, -0.25) is 9.59 Å². The number of ether oxygens (including phenoxy) is 2. The molecule has 1 N–H and O–H groups in total. The van der Waals surface area contributed by atoms with Gasteiger partial charge in [0, 0.05) is 0 Å². The van der Waals surface area contributed by atoms with Crippen LogP contribution in [0, 0.1) is 5.41 Å². The van der Waals surface area contributed by atoms with Gasteiger partial charge in [0.2, 0.25) is 0 Å². The van der Waals surface area contributed by atoms with E-state index in [0.29, 0.717) is 11.3 Å². The number of esters is 1. The van der Waals surface area contributed by atoms with E-state index < -0.39 is 17.4 Å². The monoisotopic (exact) mass is 266 g/mol. The number of rotatable bonds is 6. The van der Waals surface area contributed by atoms with E-state index in [4.69, 9.17) is 9.47 Å². The zero-order valence-corrected chi connectivity index (χ0v) is 11.3. The fourth-order valence-corrected chi connectivity index (χ4v) is 1.72. The first-order valence-corrected chi connectivity index (χ1v) is 5.97. The van der Waals surface area contributed by atoms with Crippen molar-refractivity contribution in [3.05, 3.63) is 29.8 Å². The number of hydrogen-bond acceptors (Lipinski definition) is 4. The summed E-state index contributed by atoms with van der Waals surface area (Å²) in [5, 5.41) is 9.29. The molecule has 0 heterocycles. The summed E-state index contributed by atoms with van der Waals surface area (Å²) >= 11 is 0. The molecule has 0 aliphatic heterocycles. The molecular weight excluding hydrogens is 248 g/mol. The first-order chi connectivity index (χ1) is 8.93. The van der Waals surface area contributed by atoms with Gasteiger partial charge in [-0.25, -0.2) is 0 Å². The zero-order valence-electron chi connectivity index (χ0n) is 11.3. The number of carbonyl (C=O) groups excluding carboxylic acids is 1. The highest BCUT2D eigenvalue weighted by Gasteiger charge is 2.43. The Kier molecular flexibility index (Phi) is 4.92. The number of aliphatic carboxylic acids is 1. The molecule has 0 aromatic heterocycles. The lowest BCUT2D eigenvalue weighted by atomic mass is 9.83. The fourth-order valence-electron chi connectivity index (χ4n) is 1.72. The molecule has 0 saturated carbocycles. The van der Waals surface area contributed by atoms with Gasteiger partial charge in [0.15, 0.2) is 5.41 Å². The van der Waals surface area contributed by atoms with E-state index in [1.54, 1.807) is 31.2 Å². The highest BCUT2D eigenvalue weighted by Crippen LogP contribution is 2.26. The van der Waals surface area contributed by atoms with Crippen LogP contribution in [0.2, 0.25) is 0 Å². The van der Waals surface area contributed by atoms with Gasteiger partial charge in [-0.15, -0.1) is 0 Å². The minimum atomic E-state index is -1.59. The Bertz CT molecular complexity index is 469. The number of carboxylic acids is 1. The highest BCUT2D eigenvalue weighted by atomic mass is 16.5. The van der Waals surface area contributed by atoms with E-state index in [9.17, 15) is 14.7 Å². The summed E-state index contributed by atoms with van der Waals surface area (Å²) in [5.74, 6) is -1.31. The molecule has 0 spiro atoms. The van der Waals surface area contributed by atoms with E-state index in [0.717, 1.165) is 0 Å². The average molecular weight is 266 g/mol. The van der Waals surface area contributed by atoms with Gasteiger partial charge < -0.3 is 14.6 Å². The van der Waals surface area contributed by atoms with Gasteiger partial charge in [-0.05, 0) is 38.0 Å². The van der Waals surface area contributed by atoms with Crippen LogP contribution < -0.4 is 4.74 Å². The van der Waals surface area contributed by atoms with Crippen LogP contribution in [0.5, 0.6) is 5.75 Å². The maximum atomic E-state index is 11.8. The van der Waals surface area contributed by atoms with Crippen molar-refractivity contribution in [3.63, 3.8) is 0 Å². The van der Waals surface area contributed by atoms with Gasteiger partial charge in [0.05, 0.1) is 13.7 Å². The van der Waals surface area contributed by atoms with E-state index in [1.807, 2.05) is 0 Å². The molecule has 0 amide bonds. The Morgan fingerprint density at radius 1 is 1.37 bits per heavy atom. The number of methoxy groups -OCH3 is 1. The molecule has 1 rings (SSSR count). The largest absolute Gasteiger partial charge is 0.497 e. The summed E-state index contributed by atoms with van der Waals surface area (Å²) in [6.07, 6.45) is 0.0539. The van der Waals surface area contributed by atoms with Crippen LogP contribution >= 0.6 is 0 Å². The van der Waals surface area contributed by atoms with Crippen LogP contribution in [0.3, 0.4) is 0 Å². The summed E-state index contributed by atoms with van der Waals surface area (Å²) in [6.45, 7) is 3.17. The molecule has 0 aliphatic carbocycles. The lowest BCUT2D eigenvalue weighted by Crippen LogP contribution is -2.40. The Hall–Kier alpha value is -2.04. The van der Waals surface area contributed by atoms with Crippen molar-refractivity contribution in [2.24, 2.45) is 5.41 Å². The third-order valence-electron chi connectivity index (χ3n) is 2.89. The van der Waals surface area contributed by atoms with Gasteiger partial charge in [-0.1, -0.05) is 12.1 Å². The standard InChI is InChI=1S/C14H18O5/c1-4-19-13(17)14(2,12(15)16)9-10-6-5-7-11(8-10)18-3/h5-8H,4,9H2,1-3H3,(H,15,16). The number of carbonyl (C=O) groups is 2. The smallest absolute Gasteiger partial charge is 0.323 e. The molecule has 0 bridgehead atoms. The second-order valence-corrected chi connectivity index (χ2v) is 4.39. The molecule has 0 fully saturated rings. The van der Waals surface area contributed by atoms with Crippen LogP contribution in [0.25, 0.3) is 0 Å². The molecule has 0 saturated heterocycles. The average Bonchev–Trinajstić information content (AvgIpc) is 2.38. The van der Waals surface area contributed by atoms with Crippen LogP contribution in [0.4, 0.5) is 0 Å². The zero-order chi connectivity index (χ0) is 14.5. The minimum Gasteiger partial charge on any atom is -0.497 e. The third-order valence-corrected chi connectivity index (χ3v) is 2.89. The van der Waals surface area contributed by atoms with Gasteiger partial charge in [0.25, 0.3) is 0 Å². The quantitative estimate of drug-likeness (QED) is 0.628. The van der Waals surface area contributed by atoms with Gasteiger partial charge >= 0.3 is 11.9 Å². The molecule has 1 atom stereocenters. The van der Waals surface area contributed by atoms with Crippen molar-refractivity contribution in [1.82, 2.24) is 0 Å². The second kappa shape index (κ2) is 6.22. The summed E-state index contributed by atoms with van der Waals surface area (Å²) in [4.78, 5) is 23.2. The molecule has 104 valence electrons. The predicted molar refractivity (Wildman–Crippen MR) is 69.1 cm³/mol. The molecule has 1 aromatic rings. The molecule has 1 aromatic carbocycles. The minimum absolute atomic E-state index is 0.0539. The van der Waals surface area contributed by atoms with Crippen molar-refractivity contribution < 1.29 is 24.2 Å². The molecular formula is C14H18O5. The van der Waals surface area contributed by atoms with Crippen molar-refractivity contribution in [3.8, 4) is 5.75 Å². The van der Waals surface area contributed by atoms with Crippen molar-refractivity contribution in [1.29, 1.82) is 0 Å². The van der Waals surface area contributed by atoms with Crippen molar-refractivity contribution >= 4 is 11.9 Å². The van der Waals surface area contributed by atoms with Gasteiger partial charge in [-0.2, -0.15) is 0 Å². The SMILES string of the molecule is CCOC(=O)C(C)(Cc1cccc(OC)c1)C(=O)O. The fraction of sp³-hybridized carbons (Fsp3) is 0.429.